The van der Waals surface area contributed by atoms with Crippen molar-refractivity contribution >= 4 is 43.5 Å². The van der Waals surface area contributed by atoms with Crippen LogP contribution in [0.3, 0.4) is 0 Å². The fourth-order valence-corrected chi connectivity index (χ4v) is 6.54. The maximum atomic E-state index is 4.25. The molecule has 2 aromatic heterocycles. The highest BCUT2D eigenvalue weighted by molar-refractivity contribution is 6.25. The minimum Gasteiger partial charge on any atom is -0.265 e. The van der Waals surface area contributed by atoms with E-state index in [1.165, 1.54) is 71.3 Å². The Labute approximate surface area is 245 Å². The summed E-state index contributed by atoms with van der Waals surface area (Å²) in [5, 5.41) is 7.79. The topological polar surface area (TPSA) is 25.8 Å². The maximum absolute atomic E-state index is 4.25. The van der Waals surface area contributed by atoms with Gasteiger partial charge in [0.15, 0.2) is 0 Å². The van der Waals surface area contributed by atoms with Crippen molar-refractivity contribution < 1.29 is 0 Å². The van der Waals surface area contributed by atoms with Gasteiger partial charge in [0.1, 0.15) is 0 Å². The molecule has 0 amide bonds. The molecule has 0 N–H and O–H groups in total. The number of nitrogens with zero attached hydrogens (tertiary/aromatic N) is 2. The van der Waals surface area contributed by atoms with E-state index in [2.05, 4.69) is 137 Å². The molecule has 0 saturated carbocycles. The lowest BCUT2D eigenvalue weighted by Gasteiger charge is -2.23. The lowest BCUT2D eigenvalue weighted by Crippen LogP contribution is -2.04. The molecule has 2 heterocycles. The van der Waals surface area contributed by atoms with Crippen molar-refractivity contribution in [3.05, 3.63) is 169 Å². The van der Waals surface area contributed by atoms with Gasteiger partial charge in [-0.05, 0) is 114 Å². The predicted octanol–water partition coefficient (Wildman–Crippen LogP) is 10.3. The van der Waals surface area contributed by atoms with E-state index >= 15 is 0 Å². The zero-order chi connectivity index (χ0) is 27.9. The molecule has 1 aliphatic carbocycles. The fraction of sp³-hybridized carbons (Fsp3) is 0.0500. The largest absolute Gasteiger partial charge is 0.265 e. The average Bonchev–Trinajstić information content (AvgIpc) is 3.09. The minimum absolute atomic E-state index is 0.278. The first-order valence-corrected chi connectivity index (χ1v) is 14.5. The SMILES string of the molecule is C1=C(c2cccc(-c3ccc4c5ccccc5c5ccccc5c4c3)c2)C=C(c2ccncc2)CC1c1ccncc1. The Morgan fingerprint density at radius 1 is 0.452 bits per heavy atom. The summed E-state index contributed by atoms with van der Waals surface area (Å²) in [6.45, 7) is 0. The number of allylic oxidation sites excluding steroid dienone is 4. The van der Waals surface area contributed by atoms with Crippen LogP contribution in [0.1, 0.15) is 29.0 Å². The van der Waals surface area contributed by atoms with Gasteiger partial charge < -0.3 is 0 Å². The fourth-order valence-electron chi connectivity index (χ4n) is 6.54. The molecule has 198 valence electrons. The molecule has 42 heavy (non-hydrogen) atoms. The lowest BCUT2D eigenvalue weighted by molar-refractivity contribution is 0.867. The number of benzene rings is 5. The van der Waals surface area contributed by atoms with E-state index in [-0.39, 0.29) is 5.92 Å². The molecular weight excluding hydrogens is 508 g/mol. The Kier molecular flexibility index (Phi) is 5.97. The Balaban J connectivity index is 1.26. The van der Waals surface area contributed by atoms with Gasteiger partial charge in [0.05, 0.1) is 0 Å². The summed E-state index contributed by atoms with van der Waals surface area (Å²) in [5.74, 6) is 0.278. The quantitative estimate of drug-likeness (QED) is 0.209. The first kappa shape index (κ1) is 24.5. The van der Waals surface area contributed by atoms with Crippen molar-refractivity contribution in [3.63, 3.8) is 0 Å². The van der Waals surface area contributed by atoms with Gasteiger partial charge in [-0.1, -0.05) is 91.0 Å². The maximum Gasteiger partial charge on any atom is 0.0273 e. The third kappa shape index (κ3) is 4.29. The molecule has 7 aromatic rings. The van der Waals surface area contributed by atoms with Crippen molar-refractivity contribution in [2.75, 3.05) is 0 Å². The summed E-state index contributed by atoms with van der Waals surface area (Å²) in [4.78, 5) is 8.50. The molecular formula is C40H28N2. The number of hydrogen-bond acceptors (Lipinski definition) is 2. The third-order valence-electron chi connectivity index (χ3n) is 8.61. The highest BCUT2D eigenvalue weighted by Gasteiger charge is 2.19. The van der Waals surface area contributed by atoms with Gasteiger partial charge in [0, 0.05) is 30.7 Å². The van der Waals surface area contributed by atoms with E-state index < -0.39 is 0 Å². The molecule has 0 saturated heterocycles. The third-order valence-corrected chi connectivity index (χ3v) is 8.61. The van der Waals surface area contributed by atoms with Crippen molar-refractivity contribution in [3.8, 4) is 11.1 Å². The van der Waals surface area contributed by atoms with Crippen molar-refractivity contribution in [2.24, 2.45) is 0 Å². The van der Waals surface area contributed by atoms with Gasteiger partial charge in [0.25, 0.3) is 0 Å². The van der Waals surface area contributed by atoms with Crippen LogP contribution in [0.25, 0.3) is 54.6 Å². The van der Waals surface area contributed by atoms with Crippen molar-refractivity contribution in [2.45, 2.75) is 12.3 Å². The normalized spacial score (nSPS) is 15.1. The molecule has 0 bridgehead atoms. The number of fused-ring (bicyclic) bond motifs is 6. The van der Waals surface area contributed by atoms with Gasteiger partial charge in [-0.3, -0.25) is 9.97 Å². The summed E-state index contributed by atoms with van der Waals surface area (Å²) >= 11 is 0. The van der Waals surface area contributed by atoms with Crippen LogP contribution in [-0.2, 0) is 0 Å². The lowest BCUT2D eigenvalue weighted by atomic mass is 9.81. The number of pyridine rings is 2. The first-order valence-electron chi connectivity index (χ1n) is 14.5. The standard InChI is InChI=1S/C40H28N2/c1-2-10-37-35(8-1)36-9-3-4-11-38(36)40-26-31(12-13-39(37)40)29-6-5-7-30(22-29)34-24-32(27-14-18-41-19-15-27)23-33(25-34)28-16-20-42-21-17-28/h1-22,24-26,32H,23H2. The van der Waals surface area contributed by atoms with Gasteiger partial charge in [0.2, 0.25) is 0 Å². The number of rotatable bonds is 4. The van der Waals surface area contributed by atoms with E-state index in [0.717, 1.165) is 6.42 Å². The second-order valence-electron chi connectivity index (χ2n) is 11.1. The van der Waals surface area contributed by atoms with Crippen molar-refractivity contribution in [1.82, 2.24) is 9.97 Å². The summed E-state index contributed by atoms with van der Waals surface area (Å²) < 4.78 is 0. The molecule has 0 aliphatic heterocycles. The molecule has 0 fully saturated rings. The molecule has 2 nitrogen and oxygen atoms in total. The Morgan fingerprint density at radius 2 is 1.02 bits per heavy atom. The van der Waals surface area contributed by atoms with Crippen LogP contribution in [0.2, 0.25) is 0 Å². The average molecular weight is 537 g/mol. The van der Waals surface area contributed by atoms with Crippen LogP contribution >= 0.6 is 0 Å². The minimum atomic E-state index is 0.278. The van der Waals surface area contributed by atoms with Gasteiger partial charge in [-0.25, -0.2) is 0 Å². The van der Waals surface area contributed by atoms with Crippen LogP contribution in [0.4, 0.5) is 0 Å². The molecule has 0 spiro atoms. The summed E-state index contributed by atoms with van der Waals surface area (Å²) in [6.07, 6.45) is 13.3. The Hall–Kier alpha value is -5.34. The molecule has 1 atom stereocenters. The first-order chi connectivity index (χ1) is 20.8. The van der Waals surface area contributed by atoms with Gasteiger partial charge >= 0.3 is 0 Å². The Morgan fingerprint density at radius 3 is 1.71 bits per heavy atom. The van der Waals surface area contributed by atoms with E-state index in [1.54, 1.807) is 0 Å². The highest BCUT2D eigenvalue weighted by atomic mass is 14.6. The highest BCUT2D eigenvalue weighted by Crippen LogP contribution is 2.40. The van der Waals surface area contributed by atoms with Crippen LogP contribution in [0.5, 0.6) is 0 Å². The van der Waals surface area contributed by atoms with Crippen LogP contribution in [-0.4, -0.2) is 9.97 Å². The number of aromatic nitrogens is 2. The monoisotopic (exact) mass is 536 g/mol. The molecule has 5 aromatic carbocycles. The second-order valence-corrected chi connectivity index (χ2v) is 11.1. The van der Waals surface area contributed by atoms with Crippen LogP contribution in [0, 0.1) is 0 Å². The summed E-state index contributed by atoms with van der Waals surface area (Å²) in [5.41, 5.74) is 8.75. The van der Waals surface area contributed by atoms with Crippen molar-refractivity contribution in [1.29, 1.82) is 0 Å². The van der Waals surface area contributed by atoms with E-state index in [0.29, 0.717) is 0 Å². The molecule has 8 rings (SSSR count). The van der Waals surface area contributed by atoms with Gasteiger partial charge in [-0.2, -0.15) is 0 Å². The Bertz CT molecular complexity index is 2120. The van der Waals surface area contributed by atoms with E-state index in [9.17, 15) is 0 Å². The van der Waals surface area contributed by atoms with E-state index in [4.69, 9.17) is 0 Å². The molecule has 1 aliphatic rings. The predicted molar refractivity (Wildman–Crippen MR) is 176 cm³/mol. The summed E-state index contributed by atoms with van der Waals surface area (Å²) in [6, 6.07) is 41.9. The molecule has 0 radical (unpaired) electrons. The molecule has 1 unspecified atom stereocenters. The van der Waals surface area contributed by atoms with Crippen LogP contribution in [0.15, 0.2) is 152 Å². The molecule has 2 heteroatoms. The van der Waals surface area contributed by atoms with Gasteiger partial charge in [-0.15, -0.1) is 0 Å². The summed E-state index contributed by atoms with van der Waals surface area (Å²) in [7, 11) is 0. The second kappa shape index (κ2) is 10.2. The van der Waals surface area contributed by atoms with Crippen LogP contribution < -0.4 is 0 Å². The van der Waals surface area contributed by atoms with E-state index in [1.807, 2.05) is 24.8 Å². The zero-order valence-corrected chi connectivity index (χ0v) is 23.1. The zero-order valence-electron chi connectivity index (χ0n) is 23.1. The smallest absolute Gasteiger partial charge is 0.0273 e. The number of hydrogen-bond donors (Lipinski definition) is 0.